The molecule has 1 aliphatic heterocycles. The summed E-state index contributed by atoms with van der Waals surface area (Å²) in [5.74, 6) is 0. The molecular weight excluding hydrogens is 216 g/mol. The molecule has 5 heteroatoms. The summed E-state index contributed by atoms with van der Waals surface area (Å²) in [6.07, 6.45) is 4.23. The molecule has 0 bridgehead atoms. The van der Waals surface area contributed by atoms with Crippen LogP contribution in [0.5, 0.6) is 0 Å². The van der Waals surface area contributed by atoms with Gasteiger partial charge in [-0.25, -0.2) is 4.68 Å². The van der Waals surface area contributed by atoms with Crippen molar-refractivity contribution in [3.05, 3.63) is 22.6 Å². The average Bonchev–Trinajstić information content (AvgIpc) is 2.85. The van der Waals surface area contributed by atoms with E-state index in [1.54, 1.807) is 12.3 Å². The number of rotatable bonds is 5. The molecule has 5 nitrogen and oxygen atoms in total. The summed E-state index contributed by atoms with van der Waals surface area (Å²) in [4.78, 5) is 14.1. The first kappa shape index (κ1) is 12.1. The summed E-state index contributed by atoms with van der Waals surface area (Å²) in [5.41, 5.74) is 0.958. The second-order valence-electron chi connectivity index (χ2n) is 4.32. The second kappa shape index (κ2) is 5.82. The van der Waals surface area contributed by atoms with Crippen LogP contribution < -0.4 is 15.8 Å². The van der Waals surface area contributed by atoms with Gasteiger partial charge in [0.05, 0.1) is 18.4 Å². The fourth-order valence-electron chi connectivity index (χ4n) is 2.10. The van der Waals surface area contributed by atoms with Crippen molar-refractivity contribution in [1.82, 2.24) is 15.1 Å². The maximum Gasteiger partial charge on any atom is 0.268 e. The van der Waals surface area contributed by atoms with Gasteiger partial charge in [0.1, 0.15) is 0 Å². The smallest absolute Gasteiger partial charge is 0.268 e. The van der Waals surface area contributed by atoms with Crippen LogP contribution in [0.2, 0.25) is 0 Å². The highest BCUT2D eigenvalue weighted by Gasteiger charge is 2.13. The molecule has 0 saturated carbocycles. The highest BCUT2D eigenvalue weighted by Crippen LogP contribution is 2.16. The summed E-state index contributed by atoms with van der Waals surface area (Å²) in [7, 11) is 0. The van der Waals surface area contributed by atoms with Gasteiger partial charge < -0.3 is 10.2 Å². The van der Waals surface area contributed by atoms with Crippen molar-refractivity contribution >= 4 is 5.69 Å². The predicted octanol–water partition coefficient (Wildman–Crippen LogP) is 0.453. The zero-order chi connectivity index (χ0) is 12.1. The van der Waals surface area contributed by atoms with E-state index in [2.05, 4.69) is 15.3 Å². The lowest BCUT2D eigenvalue weighted by molar-refractivity contribution is 0.540. The van der Waals surface area contributed by atoms with Crippen LogP contribution in [-0.2, 0) is 6.54 Å². The van der Waals surface area contributed by atoms with Crippen molar-refractivity contribution in [3.63, 3.8) is 0 Å². The standard InChI is InChI=1S/C12H20N4O/c1-2-13-5-8-16-12(17)9-11(10-14-16)15-6-3-4-7-15/h9-10,13H,2-8H2,1H3. The maximum atomic E-state index is 11.8. The molecule has 0 atom stereocenters. The highest BCUT2D eigenvalue weighted by atomic mass is 16.1. The zero-order valence-corrected chi connectivity index (χ0v) is 10.4. The van der Waals surface area contributed by atoms with Crippen molar-refractivity contribution in [2.24, 2.45) is 0 Å². The van der Waals surface area contributed by atoms with E-state index in [9.17, 15) is 4.79 Å². The molecule has 0 spiro atoms. The van der Waals surface area contributed by atoms with Crippen LogP contribution in [0.15, 0.2) is 17.1 Å². The molecule has 0 aliphatic carbocycles. The van der Waals surface area contributed by atoms with Crippen molar-refractivity contribution in [2.75, 3.05) is 31.1 Å². The van der Waals surface area contributed by atoms with Crippen LogP contribution in [0.25, 0.3) is 0 Å². The summed E-state index contributed by atoms with van der Waals surface area (Å²) in [6, 6.07) is 1.70. The van der Waals surface area contributed by atoms with Crippen LogP contribution in [0.3, 0.4) is 0 Å². The van der Waals surface area contributed by atoms with E-state index < -0.39 is 0 Å². The van der Waals surface area contributed by atoms with Crippen molar-refractivity contribution in [1.29, 1.82) is 0 Å². The molecule has 17 heavy (non-hydrogen) atoms. The van der Waals surface area contributed by atoms with Crippen LogP contribution >= 0.6 is 0 Å². The number of anilines is 1. The number of hydrogen-bond donors (Lipinski definition) is 1. The summed E-state index contributed by atoms with van der Waals surface area (Å²) >= 11 is 0. The first-order valence-corrected chi connectivity index (χ1v) is 6.34. The number of aromatic nitrogens is 2. The normalized spacial score (nSPS) is 15.5. The minimum atomic E-state index is -0.00713. The molecule has 1 saturated heterocycles. The molecule has 1 N–H and O–H groups in total. The Labute approximate surface area is 101 Å². The third kappa shape index (κ3) is 3.06. The van der Waals surface area contributed by atoms with E-state index >= 15 is 0 Å². The van der Waals surface area contributed by atoms with Gasteiger partial charge in [-0.15, -0.1) is 0 Å². The van der Waals surface area contributed by atoms with Crippen LogP contribution in [0.1, 0.15) is 19.8 Å². The Morgan fingerprint density at radius 3 is 2.82 bits per heavy atom. The topological polar surface area (TPSA) is 50.2 Å². The Hall–Kier alpha value is -1.36. The molecule has 94 valence electrons. The van der Waals surface area contributed by atoms with Crippen LogP contribution in [0.4, 0.5) is 5.69 Å². The number of likely N-dealkylation sites (N-methyl/N-ethyl adjacent to an activating group) is 1. The quantitative estimate of drug-likeness (QED) is 0.754. The molecular formula is C12H20N4O. The third-order valence-corrected chi connectivity index (χ3v) is 3.08. The van der Waals surface area contributed by atoms with Gasteiger partial charge in [0, 0.05) is 25.7 Å². The van der Waals surface area contributed by atoms with Crippen molar-refractivity contribution in [2.45, 2.75) is 26.3 Å². The monoisotopic (exact) mass is 236 g/mol. The lowest BCUT2D eigenvalue weighted by Gasteiger charge is -2.17. The molecule has 0 unspecified atom stereocenters. The average molecular weight is 236 g/mol. The molecule has 0 aromatic carbocycles. The van der Waals surface area contributed by atoms with Gasteiger partial charge in [-0.05, 0) is 19.4 Å². The minimum Gasteiger partial charge on any atom is -0.370 e. The molecule has 0 amide bonds. The summed E-state index contributed by atoms with van der Waals surface area (Å²) in [6.45, 7) is 6.47. The van der Waals surface area contributed by atoms with E-state index in [1.165, 1.54) is 17.5 Å². The molecule has 0 radical (unpaired) electrons. The maximum absolute atomic E-state index is 11.8. The molecule has 1 fully saturated rings. The van der Waals surface area contributed by atoms with E-state index in [1.807, 2.05) is 6.92 Å². The van der Waals surface area contributed by atoms with E-state index in [0.29, 0.717) is 6.54 Å². The minimum absolute atomic E-state index is 0.00713. The lowest BCUT2D eigenvalue weighted by Crippen LogP contribution is -2.30. The Balaban J connectivity index is 2.03. The van der Waals surface area contributed by atoms with Crippen LogP contribution in [-0.4, -0.2) is 36.0 Å². The molecule has 1 aliphatic rings. The Bertz CT molecular complexity index is 409. The van der Waals surface area contributed by atoms with Gasteiger partial charge >= 0.3 is 0 Å². The number of nitrogens with zero attached hydrogens (tertiary/aromatic N) is 3. The van der Waals surface area contributed by atoms with Gasteiger partial charge in [-0.1, -0.05) is 6.92 Å². The summed E-state index contributed by atoms with van der Waals surface area (Å²) < 4.78 is 1.52. The summed E-state index contributed by atoms with van der Waals surface area (Å²) in [5, 5.41) is 7.40. The molecule has 1 aromatic rings. The first-order chi connectivity index (χ1) is 8.31. The van der Waals surface area contributed by atoms with E-state index in [-0.39, 0.29) is 5.56 Å². The number of nitrogens with one attached hydrogen (secondary N) is 1. The molecule has 2 rings (SSSR count). The SMILES string of the molecule is CCNCCn1ncc(N2CCCC2)cc1=O. The highest BCUT2D eigenvalue weighted by molar-refractivity contribution is 5.43. The Morgan fingerprint density at radius 1 is 1.41 bits per heavy atom. The Kier molecular flexibility index (Phi) is 4.14. The van der Waals surface area contributed by atoms with Crippen LogP contribution in [0, 0.1) is 0 Å². The van der Waals surface area contributed by atoms with Gasteiger partial charge in [0.25, 0.3) is 5.56 Å². The molecule has 1 aromatic heterocycles. The number of hydrogen-bond acceptors (Lipinski definition) is 4. The fraction of sp³-hybridized carbons (Fsp3) is 0.667. The van der Waals surface area contributed by atoms with Crippen molar-refractivity contribution in [3.8, 4) is 0 Å². The van der Waals surface area contributed by atoms with Crippen molar-refractivity contribution < 1.29 is 0 Å². The van der Waals surface area contributed by atoms with Gasteiger partial charge in [-0.2, -0.15) is 5.10 Å². The first-order valence-electron chi connectivity index (χ1n) is 6.34. The van der Waals surface area contributed by atoms with E-state index in [4.69, 9.17) is 0 Å². The fourth-order valence-corrected chi connectivity index (χ4v) is 2.10. The second-order valence-corrected chi connectivity index (χ2v) is 4.32. The Morgan fingerprint density at radius 2 is 2.18 bits per heavy atom. The predicted molar refractivity (Wildman–Crippen MR) is 68.5 cm³/mol. The zero-order valence-electron chi connectivity index (χ0n) is 10.4. The third-order valence-electron chi connectivity index (χ3n) is 3.08. The van der Waals surface area contributed by atoms with E-state index in [0.717, 1.165) is 31.9 Å². The van der Waals surface area contributed by atoms with Gasteiger partial charge in [0.15, 0.2) is 0 Å². The largest absolute Gasteiger partial charge is 0.370 e. The lowest BCUT2D eigenvalue weighted by atomic mass is 10.4. The molecule has 2 heterocycles. The van der Waals surface area contributed by atoms with Gasteiger partial charge in [-0.3, -0.25) is 4.79 Å². The van der Waals surface area contributed by atoms with Gasteiger partial charge in [0.2, 0.25) is 0 Å².